The largest absolute Gasteiger partial charge is 0.463 e. The van der Waals surface area contributed by atoms with Gasteiger partial charge in [-0.1, -0.05) is 0 Å². The number of rotatable bonds is 1. The van der Waals surface area contributed by atoms with Gasteiger partial charge >= 0.3 is 5.97 Å². The van der Waals surface area contributed by atoms with E-state index in [0.717, 1.165) is 12.8 Å². The lowest BCUT2D eigenvalue weighted by molar-refractivity contribution is -0.147. The number of carbonyl (C=O) groups excluding carboxylic acids is 1. The van der Waals surface area contributed by atoms with Gasteiger partial charge in [-0.2, -0.15) is 0 Å². The lowest BCUT2D eigenvalue weighted by Gasteiger charge is -2.28. The third-order valence-electron chi connectivity index (χ3n) is 1.98. The fraction of sp³-hybridized carbons (Fsp3) is 0.875. The summed E-state index contributed by atoms with van der Waals surface area (Å²) in [7, 11) is 0. The molecule has 0 radical (unpaired) electrons. The normalized spacial score (nSPS) is 36.1. The molecule has 0 saturated heterocycles. The summed E-state index contributed by atoms with van der Waals surface area (Å²) in [5.41, 5.74) is 0. The summed E-state index contributed by atoms with van der Waals surface area (Å²) in [6.45, 7) is 1.41. The van der Waals surface area contributed by atoms with Crippen LogP contribution in [-0.2, 0) is 9.53 Å². The summed E-state index contributed by atoms with van der Waals surface area (Å²) >= 11 is 11.8. The van der Waals surface area contributed by atoms with Crippen molar-refractivity contribution >= 4 is 29.2 Å². The van der Waals surface area contributed by atoms with Gasteiger partial charge in [0.1, 0.15) is 6.10 Å². The van der Waals surface area contributed by atoms with Crippen LogP contribution < -0.4 is 0 Å². The highest BCUT2D eigenvalue weighted by atomic mass is 35.5. The van der Waals surface area contributed by atoms with Gasteiger partial charge in [0.2, 0.25) is 0 Å². The van der Waals surface area contributed by atoms with Crippen LogP contribution in [-0.4, -0.2) is 22.8 Å². The van der Waals surface area contributed by atoms with Gasteiger partial charge in [0, 0.05) is 13.3 Å². The van der Waals surface area contributed by atoms with Crippen LogP contribution in [0.3, 0.4) is 0 Å². The maximum atomic E-state index is 10.6. The van der Waals surface area contributed by atoms with E-state index < -0.39 is 0 Å². The summed E-state index contributed by atoms with van der Waals surface area (Å²) < 4.78 is 5.03. The highest BCUT2D eigenvalue weighted by Gasteiger charge is 2.29. The van der Waals surface area contributed by atoms with Crippen LogP contribution in [0.1, 0.15) is 26.2 Å². The van der Waals surface area contributed by atoms with Crippen molar-refractivity contribution in [3.63, 3.8) is 0 Å². The molecule has 0 aromatic carbocycles. The molecule has 0 spiro atoms. The molecule has 70 valence electrons. The lowest BCUT2D eigenvalue weighted by atomic mass is 9.97. The van der Waals surface area contributed by atoms with Crippen molar-refractivity contribution in [2.24, 2.45) is 0 Å². The Labute approximate surface area is 82.2 Å². The monoisotopic (exact) mass is 210 g/mol. The van der Waals surface area contributed by atoms with Crippen LogP contribution in [0.4, 0.5) is 0 Å². The van der Waals surface area contributed by atoms with Gasteiger partial charge in [0.05, 0.1) is 10.8 Å². The summed E-state index contributed by atoms with van der Waals surface area (Å²) in [6.07, 6.45) is 2.31. The lowest BCUT2D eigenvalue weighted by Crippen LogP contribution is -2.31. The minimum Gasteiger partial charge on any atom is -0.463 e. The summed E-state index contributed by atoms with van der Waals surface area (Å²) in [5.74, 6) is -0.239. The molecule has 1 aliphatic carbocycles. The molecule has 2 nitrogen and oxygen atoms in total. The molecule has 0 unspecified atom stereocenters. The molecular weight excluding hydrogens is 199 g/mol. The van der Waals surface area contributed by atoms with E-state index in [2.05, 4.69) is 0 Å². The number of ether oxygens (including phenoxy) is 1. The molecule has 0 aromatic rings. The Morgan fingerprint density at radius 3 is 2.50 bits per heavy atom. The molecule has 4 heteroatoms. The smallest absolute Gasteiger partial charge is 0.302 e. The maximum Gasteiger partial charge on any atom is 0.302 e. The first-order chi connectivity index (χ1) is 5.59. The predicted octanol–water partition coefficient (Wildman–Crippen LogP) is 2.32. The van der Waals surface area contributed by atoms with E-state index in [-0.39, 0.29) is 22.8 Å². The molecule has 1 aliphatic rings. The Kier molecular flexibility index (Phi) is 3.66. The van der Waals surface area contributed by atoms with Gasteiger partial charge in [0.25, 0.3) is 0 Å². The van der Waals surface area contributed by atoms with Crippen LogP contribution in [0.2, 0.25) is 0 Å². The highest BCUT2D eigenvalue weighted by Crippen LogP contribution is 2.29. The van der Waals surface area contributed by atoms with Crippen molar-refractivity contribution in [3.05, 3.63) is 0 Å². The van der Waals surface area contributed by atoms with E-state index >= 15 is 0 Å². The zero-order valence-electron chi connectivity index (χ0n) is 6.93. The van der Waals surface area contributed by atoms with Crippen molar-refractivity contribution < 1.29 is 9.53 Å². The second kappa shape index (κ2) is 4.33. The number of alkyl halides is 2. The molecule has 1 rings (SSSR count). The maximum absolute atomic E-state index is 10.6. The minimum atomic E-state index is -0.239. The molecule has 1 saturated carbocycles. The van der Waals surface area contributed by atoms with Gasteiger partial charge in [0.15, 0.2) is 0 Å². The van der Waals surface area contributed by atoms with Gasteiger partial charge in [-0.05, 0) is 12.8 Å². The molecular formula is C8H12Cl2O2. The number of hydrogen-bond acceptors (Lipinski definition) is 2. The molecule has 0 bridgehead atoms. The van der Waals surface area contributed by atoms with E-state index in [1.165, 1.54) is 6.92 Å². The second-order valence-corrected chi connectivity index (χ2v) is 4.20. The molecule has 3 atom stereocenters. The zero-order valence-corrected chi connectivity index (χ0v) is 8.44. The van der Waals surface area contributed by atoms with E-state index in [0.29, 0.717) is 6.42 Å². The van der Waals surface area contributed by atoms with Crippen LogP contribution in [0, 0.1) is 0 Å². The number of halogens is 2. The third-order valence-corrected chi connectivity index (χ3v) is 3.11. The summed E-state index contributed by atoms with van der Waals surface area (Å²) in [6, 6.07) is 0. The quantitative estimate of drug-likeness (QED) is 0.491. The van der Waals surface area contributed by atoms with Gasteiger partial charge in [-0.25, -0.2) is 0 Å². The van der Waals surface area contributed by atoms with Crippen LogP contribution in [0.15, 0.2) is 0 Å². The molecule has 0 amide bonds. The van der Waals surface area contributed by atoms with Crippen molar-refractivity contribution in [1.82, 2.24) is 0 Å². The molecule has 0 N–H and O–H groups in total. The minimum absolute atomic E-state index is 0.0264. The average molecular weight is 211 g/mol. The summed E-state index contributed by atoms with van der Waals surface area (Å²) in [4.78, 5) is 10.6. The average Bonchev–Trinajstić information content (AvgIpc) is 1.96. The highest BCUT2D eigenvalue weighted by molar-refractivity contribution is 6.30. The SMILES string of the molecule is CC(=O)O[C@@H]1CC[C@@H](Cl)[C@H](Cl)C1. The van der Waals surface area contributed by atoms with E-state index in [4.69, 9.17) is 27.9 Å². The first-order valence-electron chi connectivity index (χ1n) is 4.05. The van der Waals surface area contributed by atoms with Crippen molar-refractivity contribution in [3.8, 4) is 0 Å². The van der Waals surface area contributed by atoms with Crippen molar-refractivity contribution in [1.29, 1.82) is 0 Å². The molecule has 12 heavy (non-hydrogen) atoms. The molecule has 0 aliphatic heterocycles. The number of carbonyl (C=O) groups is 1. The Bertz CT molecular complexity index is 172. The first-order valence-corrected chi connectivity index (χ1v) is 4.92. The third kappa shape index (κ3) is 2.83. The van der Waals surface area contributed by atoms with Crippen molar-refractivity contribution in [2.75, 3.05) is 0 Å². The van der Waals surface area contributed by atoms with Crippen molar-refractivity contribution in [2.45, 2.75) is 43.0 Å². The van der Waals surface area contributed by atoms with Gasteiger partial charge in [-0.15, -0.1) is 23.2 Å². The van der Waals surface area contributed by atoms with Crippen LogP contribution >= 0.6 is 23.2 Å². The van der Waals surface area contributed by atoms with Gasteiger partial charge < -0.3 is 4.74 Å². The first kappa shape index (κ1) is 10.1. The molecule has 0 heterocycles. The summed E-state index contributed by atoms with van der Waals surface area (Å²) in [5, 5.41) is -0.0387. The predicted molar refractivity (Wildman–Crippen MR) is 48.7 cm³/mol. The fourth-order valence-corrected chi connectivity index (χ4v) is 1.94. The van der Waals surface area contributed by atoms with E-state index in [1.54, 1.807) is 0 Å². The molecule has 0 aromatic heterocycles. The second-order valence-electron chi connectivity index (χ2n) is 3.08. The standard InChI is InChI=1S/C8H12Cl2O2/c1-5(11)12-6-2-3-7(9)8(10)4-6/h6-8H,2-4H2,1H3/t6-,7-,8-/m1/s1. The zero-order chi connectivity index (χ0) is 9.14. The Morgan fingerprint density at radius 1 is 1.33 bits per heavy atom. The van der Waals surface area contributed by atoms with E-state index in [1.807, 2.05) is 0 Å². The molecule has 1 fully saturated rings. The number of hydrogen-bond donors (Lipinski definition) is 0. The Hall–Kier alpha value is 0.0500. The topological polar surface area (TPSA) is 26.3 Å². The van der Waals surface area contributed by atoms with Gasteiger partial charge in [-0.3, -0.25) is 4.79 Å². The fourth-order valence-electron chi connectivity index (χ4n) is 1.38. The van der Waals surface area contributed by atoms with E-state index in [9.17, 15) is 4.79 Å². The van der Waals surface area contributed by atoms with Crippen LogP contribution in [0.5, 0.6) is 0 Å². The van der Waals surface area contributed by atoms with Crippen LogP contribution in [0.25, 0.3) is 0 Å². The number of esters is 1. The Morgan fingerprint density at radius 2 is 2.00 bits per heavy atom. The Balaban J connectivity index is 2.35.